The molecule has 1 heterocycles. The van der Waals surface area contributed by atoms with Crippen molar-refractivity contribution in [2.75, 3.05) is 0 Å². The lowest BCUT2D eigenvalue weighted by atomic mass is 9.92. The van der Waals surface area contributed by atoms with Gasteiger partial charge in [0.25, 0.3) is 0 Å². The maximum Gasteiger partial charge on any atom is 0.331 e. The van der Waals surface area contributed by atoms with E-state index < -0.39 is 4.87 Å². The zero-order valence-corrected chi connectivity index (χ0v) is 9.33. The lowest BCUT2D eigenvalue weighted by Gasteiger charge is -2.39. The van der Waals surface area contributed by atoms with Gasteiger partial charge in [0.2, 0.25) is 0 Å². The number of ether oxygens (including phenoxy) is 1. The van der Waals surface area contributed by atoms with Gasteiger partial charge in [0.15, 0.2) is 4.87 Å². The van der Waals surface area contributed by atoms with Gasteiger partial charge in [-0.2, -0.15) is 0 Å². The van der Waals surface area contributed by atoms with Gasteiger partial charge in [-0.25, -0.2) is 4.79 Å². The first kappa shape index (κ1) is 10.5. The van der Waals surface area contributed by atoms with Crippen LogP contribution in [0.2, 0.25) is 0 Å². The summed E-state index contributed by atoms with van der Waals surface area (Å²) in [5.74, 6) is -0.303. The second-order valence-electron chi connectivity index (χ2n) is 3.99. The van der Waals surface area contributed by atoms with Gasteiger partial charge in [0, 0.05) is 0 Å². The van der Waals surface area contributed by atoms with Gasteiger partial charge in [-0.15, -0.1) is 11.6 Å². The molecule has 1 aromatic rings. The van der Waals surface area contributed by atoms with Gasteiger partial charge >= 0.3 is 5.97 Å². The summed E-state index contributed by atoms with van der Waals surface area (Å²) in [5.41, 5.74) is 1.24. The lowest BCUT2D eigenvalue weighted by molar-refractivity contribution is -0.178. The fourth-order valence-corrected chi connectivity index (χ4v) is 1.90. The van der Waals surface area contributed by atoms with Crippen LogP contribution in [0.3, 0.4) is 0 Å². The Hall–Kier alpha value is -1.02. The first-order valence-electron chi connectivity index (χ1n) is 5.04. The molecule has 0 aromatic heterocycles. The van der Waals surface area contributed by atoms with Gasteiger partial charge in [-0.05, 0) is 25.3 Å². The van der Waals surface area contributed by atoms with Crippen molar-refractivity contribution in [2.24, 2.45) is 0 Å². The van der Waals surface area contributed by atoms with Crippen LogP contribution in [-0.4, -0.2) is 16.9 Å². The van der Waals surface area contributed by atoms with E-state index in [9.17, 15) is 4.79 Å². The summed E-state index contributed by atoms with van der Waals surface area (Å²) in [4.78, 5) is 10.2. The first-order chi connectivity index (χ1) is 7.10. The molecule has 15 heavy (non-hydrogen) atoms. The van der Waals surface area contributed by atoms with Crippen molar-refractivity contribution in [2.45, 2.75) is 30.7 Å². The molecule has 0 saturated carbocycles. The summed E-state index contributed by atoms with van der Waals surface area (Å²) < 4.78 is 5.01. The van der Waals surface area contributed by atoms with Crippen LogP contribution >= 0.6 is 11.6 Å². The molecule has 3 heteroatoms. The van der Waals surface area contributed by atoms with Crippen molar-refractivity contribution in [3.63, 3.8) is 0 Å². The third kappa shape index (κ3) is 2.00. The number of carbonyl (C=O) groups is 1. The largest absolute Gasteiger partial charge is 0.458 e. The Morgan fingerprint density at radius 3 is 2.60 bits per heavy atom. The SMILES string of the molecule is C[C@]1(Cl)C(=O)O[C@H]1CCc1ccccc1. The molecule has 0 amide bonds. The summed E-state index contributed by atoms with van der Waals surface area (Å²) in [5, 5.41) is 0. The van der Waals surface area contributed by atoms with Crippen LogP contribution in [0.5, 0.6) is 0 Å². The molecule has 2 rings (SSSR count). The van der Waals surface area contributed by atoms with E-state index in [1.165, 1.54) is 5.56 Å². The summed E-state index contributed by atoms with van der Waals surface area (Å²) in [6.07, 6.45) is 1.53. The zero-order valence-electron chi connectivity index (χ0n) is 8.57. The van der Waals surface area contributed by atoms with Crippen LogP contribution in [0, 0.1) is 0 Å². The molecule has 2 nitrogen and oxygen atoms in total. The van der Waals surface area contributed by atoms with Crippen LogP contribution in [0.15, 0.2) is 30.3 Å². The van der Waals surface area contributed by atoms with Gasteiger partial charge in [-0.1, -0.05) is 30.3 Å². The van der Waals surface area contributed by atoms with Gasteiger partial charge < -0.3 is 4.74 Å². The monoisotopic (exact) mass is 224 g/mol. The number of carbonyl (C=O) groups excluding carboxylic acids is 1. The Kier molecular flexibility index (Phi) is 2.70. The fraction of sp³-hybridized carbons (Fsp3) is 0.417. The van der Waals surface area contributed by atoms with Crippen LogP contribution in [0.25, 0.3) is 0 Å². The molecule has 0 bridgehead atoms. The molecule has 0 aliphatic carbocycles. The van der Waals surface area contributed by atoms with Crippen molar-refractivity contribution >= 4 is 17.6 Å². The van der Waals surface area contributed by atoms with Crippen molar-refractivity contribution in [3.8, 4) is 0 Å². The molecule has 2 atom stereocenters. The first-order valence-corrected chi connectivity index (χ1v) is 5.42. The molecule has 0 N–H and O–H groups in total. The molecule has 1 aliphatic heterocycles. The van der Waals surface area contributed by atoms with E-state index in [1.807, 2.05) is 18.2 Å². The molecule has 0 unspecified atom stereocenters. The number of hydrogen-bond acceptors (Lipinski definition) is 2. The van der Waals surface area contributed by atoms with E-state index >= 15 is 0 Å². The Morgan fingerprint density at radius 2 is 2.07 bits per heavy atom. The molecule has 1 saturated heterocycles. The lowest BCUT2D eigenvalue weighted by Crippen LogP contribution is -2.56. The Bertz CT molecular complexity index is 359. The van der Waals surface area contributed by atoms with Crippen molar-refractivity contribution < 1.29 is 9.53 Å². The smallest absolute Gasteiger partial charge is 0.331 e. The number of alkyl halides is 1. The topological polar surface area (TPSA) is 26.3 Å². The van der Waals surface area contributed by atoms with E-state index in [0.29, 0.717) is 0 Å². The number of aryl methyl sites for hydroxylation is 1. The highest BCUT2D eigenvalue weighted by atomic mass is 35.5. The van der Waals surface area contributed by atoms with Crippen molar-refractivity contribution in [1.82, 2.24) is 0 Å². The normalized spacial score (nSPS) is 29.5. The number of benzene rings is 1. The number of hydrogen-bond donors (Lipinski definition) is 0. The minimum Gasteiger partial charge on any atom is -0.458 e. The number of cyclic esters (lactones) is 1. The number of esters is 1. The molecule has 0 spiro atoms. The van der Waals surface area contributed by atoms with Gasteiger partial charge in [0.1, 0.15) is 6.10 Å². The van der Waals surface area contributed by atoms with Crippen LogP contribution in [0.4, 0.5) is 0 Å². The molecule has 0 radical (unpaired) electrons. The molecule has 1 aromatic carbocycles. The summed E-state index contributed by atoms with van der Waals surface area (Å²) >= 11 is 6.01. The molecule has 1 fully saturated rings. The summed E-state index contributed by atoms with van der Waals surface area (Å²) in [7, 11) is 0. The maximum atomic E-state index is 11.0. The number of rotatable bonds is 3. The van der Waals surface area contributed by atoms with E-state index in [-0.39, 0.29) is 12.1 Å². The predicted octanol–water partition coefficient (Wildman–Crippen LogP) is 2.54. The highest BCUT2D eigenvalue weighted by Gasteiger charge is 2.52. The van der Waals surface area contributed by atoms with E-state index in [2.05, 4.69) is 12.1 Å². The Balaban J connectivity index is 1.88. The zero-order chi connectivity index (χ0) is 10.9. The summed E-state index contributed by atoms with van der Waals surface area (Å²) in [6, 6.07) is 10.1. The van der Waals surface area contributed by atoms with E-state index in [4.69, 9.17) is 16.3 Å². The standard InChI is InChI=1S/C12H13ClO2/c1-12(13)10(15-11(12)14)8-7-9-5-3-2-4-6-9/h2-6,10H,7-8H2,1H3/t10-,12+/m0/s1. The third-order valence-corrected chi connectivity index (χ3v) is 3.19. The van der Waals surface area contributed by atoms with Crippen LogP contribution in [0.1, 0.15) is 18.9 Å². The minimum atomic E-state index is -0.811. The third-order valence-electron chi connectivity index (χ3n) is 2.79. The average molecular weight is 225 g/mol. The minimum absolute atomic E-state index is 0.146. The number of halogens is 1. The van der Waals surface area contributed by atoms with E-state index in [0.717, 1.165) is 12.8 Å². The second-order valence-corrected chi connectivity index (χ2v) is 4.78. The van der Waals surface area contributed by atoms with E-state index in [1.54, 1.807) is 6.92 Å². The van der Waals surface area contributed by atoms with Gasteiger partial charge in [-0.3, -0.25) is 0 Å². The van der Waals surface area contributed by atoms with Gasteiger partial charge in [0.05, 0.1) is 0 Å². The van der Waals surface area contributed by atoms with Crippen LogP contribution in [-0.2, 0) is 16.0 Å². The predicted molar refractivity (Wildman–Crippen MR) is 58.9 cm³/mol. The van der Waals surface area contributed by atoms with Crippen molar-refractivity contribution in [3.05, 3.63) is 35.9 Å². The highest BCUT2D eigenvalue weighted by Crippen LogP contribution is 2.36. The Labute approximate surface area is 94.2 Å². The molecular weight excluding hydrogens is 212 g/mol. The second kappa shape index (κ2) is 3.86. The quantitative estimate of drug-likeness (QED) is 0.583. The maximum absolute atomic E-state index is 11.0. The molecular formula is C12H13ClO2. The Morgan fingerprint density at radius 1 is 1.40 bits per heavy atom. The van der Waals surface area contributed by atoms with Crippen molar-refractivity contribution in [1.29, 1.82) is 0 Å². The average Bonchev–Trinajstić information content (AvgIpc) is 2.25. The molecule has 80 valence electrons. The highest BCUT2D eigenvalue weighted by molar-refractivity contribution is 6.36. The summed E-state index contributed by atoms with van der Waals surface area (Å²) in [6.45, 7) is 1.72. The van der Waals surface area contributed by atoms with Crippen LogP contribution < -0.4 is 0 Å². The molecule has 1 aliphatic rings. The fourth-order valence-electron chi connectivity index (χ4n) is 1.70.